The molecule has 2 aromatic rings. The minimum Gasteiger partial charge on any atom is -0.477 e. The number of anilines is 2. The molecule has 0 radical (unpaired) electrons. The van der Waals surface area contributed by atoms with Crippen LogP contribution in [-0.4, -0.2) is 22.1 Å². The maximum absolute atomic E-state index is 11.9. The highest BCUT2D eigenvalue weighted by molar-refractivity contribution is 6.04. The van der Waals surface area contributed by atoms with E-state index in [0.717, 1.165) is 0 Å². The summed E-state index contributed by atoms with van der Waals surface area (Å²) in [4.78, 5) is 25.5. The van der Waals surface area contributed by atoms with E-state index >= 15 is 0 Å². The van der Waals surface area contributed by atoms with E-state index in [0.29, 0.717) is 16.9 Å². The lowest BCUT2D eigenvalue weighted by Gasteiger charge is -2.07. The molecule has 0 bridgehead atoms. The molecular weight excluding hydrogens is 272 g/mol. The molecule has 0 unspecified atom stereocenters. The Balaban J connectivity index is 2.12. The molecule has 0 spiro atoms. The van der Waals surface area contributed by atoms with Crippen LogP contribution in [0.4, 0.5) is 16.2 Å². The van der Waals surface area contributed by atoms with Gasteiger partial charge in [-0.1, -0.05) is 6.07 Å². The number of carbonyl (C=O) groups excluding carboxylic acids is 1. The number of carbonyl (C=O) groups is 2. The maximum Gasteiger partial charge on any atom is 0.354 e. The predicted molar refractivity (Wildman–Crippen MR) is 76.3 cm³/mol. The van der Waals surface area contributed by atoms with Gasteiger partial charge in [-0.05, 0) is 31.2 Å². The zero-order valence-electron chi connectivity index (χ0n) is 11.1. The molecule has 1 aromatic carbocycles. The summed E-state index contributed by atoms with van der Waals surface area (Å²) in [5.74, 6) is -1.16. The van der Waals surface area contributed by atoms with E-state index in [1.165, 1.54) is 12.1 Å². The Labute approximate surface area is 120 Å². The molecule has 0 saturated heterocycles. The minimum absolute atomic E-state index is 0.0894. The van der Waals surface area contributed by atoms with Gasteiger partial charge in [0, 0.05) is 11.4 Å². The van der Waals surface area contributed by atoms with Gasteiger partial charge in [0.15, 0.2) is 0 Å². The van der Waals surface area contributed by atoms with E-state index in [4.69, 9.17) is 10.4 Å². The molecule has 7 nitrogen and oxygen atoms in total. The van der Waals surface area contributed by atoms with E-state index in [2.05, 4.69) is 15.6 Å². The Bertz CT molecular complexity index is 743. The minimum atomic E-state index is -1.16. The van der Waals surface area contributed by atoms with Crippen LogP contribution in [0, 0.1) is 18.3 Å². The number of aryl methyl sites for hydroxylation is 1. The van der Waals surface area contributed by atoms with Gasteiger partial charge in [-0.25, -0.2) is 9.59 Å². The summed E-state index contributed by atoms with van der Waals surface area (Å²) >= 11 is 0. The Morgan fingerprint density at radius 2 is 2.05 bits per heavy atom. The largest absolute Gasteiger partial charge is 0.477 e. The highest BCUT2D eigenvalue weighted by atomic mass is 16.4. The van der Waals surface area contributed by atoms with Crippen molar-refractivity contribution in [1.29, 1.82) is 5.26 Å². The maximum atomic E-state index is 11.9. The monoisotopic (exact) mass is 284 g/mol. The number of nitriles is 1. The molecule has 1 heterocycles. The number of nitrogens with one attached hydrogen (secondary N) is 3. The quantitative estimate of drug-likeness (QED) is 0.692. The molecule has 7 heteroatoms. The molecule has 0 aliphatic heterocycles. The summed E-state index contributed by atoms with van der Waals surface area (Å²) < 4.78 is 0. The van der Waals surface area contributed by atoms with Crippen molar-refractivity contribution in [1.82, 2.24) is 4.98 Å². The van der Waals surface area contributed by atoms with E-state index in [1.807, 2.05) is 6.07 Å². The second-order valence-corrected chi connectivity index (χ2v) is 4.32. The number of carboxylic acid groups (broad SMARTS) is 1. The van der Waals surface area contributed by atoms with Crippen molar-refractivity contribution in [2.75, 3.05) is 10.6 Å². The van der Waals surface area contributed by atoms with E-state index in [1.54, 1.807) is 25.1 Å². The molecule has 0 aliphatic rings. The molecule has 2 rings (SSSR count). The van der Waals surface area contributed by atoms with Gasteiger partial charge in [0.05, 0.1) is 17.3 Å². The second-order valence-electron chi connectivity index (χ2n) is 4.32. The van der Waals surface area contributed by atoms with E-state index in [-0.39, 0.29) is 11.4 Å². The second kappa shape index (κ2) is 5.79. The molecule has 0 fully saturated rings. The SMILES string of the molecule is Cc1cc(NC(=O)Nc2cccc(C#N)c2)c(C(=O)O)[nH]1. The number of benzene rings is 1. The highest BCUT2D eigenvalue weighted by Gasteiger charge is 2.15. The molecule has 1 aromatic heterocycles. The molecule has 0 saturated carbocycles. The fourth-order valence-electron chi connectivity index (χ4n) is 1.81. The highest BCUT2D eigenvalue weighted by Crippen LogP contribution is 2.17. The van der Waals surface area contributed by atoms with Crippen LogP contribution >= 0.6 is 0 Å². The third kappa shape index (κ3) is 3.39. The van der Waals surface area contributed by atoms with Gasteiger partial charge >= 0.3 is 12.0 Å². The van der Waals surface area contributed by atoms with Crippen molar-refractivity contribution in [3.8, 4) is 6.07 Å². The number of carboxylic acids is 1. The zero-order valence-corrected chi connectivity index (χ0v) is 11.1. The first-order chi connectivity index (χ1) is 9.99. The first kappa shape index (κ1) is 14.1. The Hall–Kier alpha value is -3.27. The van der Waals surface area contributed by atoms with Crippen LogP contribution in [0.3, 0.4) is 0 Å². The number of nitrogens with zero attached hydrogens (tertiary/aromatic N) is 1. The van der Waals surface area contributed by atoms with Gasteiger partial charge in [0.1, 0.15) is 5.69 Å². The lowest BCUT2D eigenvalue weighted by atomic mass is 10.2. The third-order valence-electron chi connectivity index (χ3n) is 2.66. The molecule has 0 aliphatic carbocycles. The average Bonchev–Trinajstić information content (AvgIpc) is 2.79. The normalized spacial score (nSPS) is 9.71. The van der Waals surface area contributed by atoms with Crippen LogP contribution < -0.4 is 10.6 Å². The van der Waals surface area contributed by atoms with Crippen LogP contribution in [0.2, 0.25) is 0 Å². The number of aromatic amines is 1. The van der Waals surface area contributed by atoms with E-state index < -0.39 is 12.0 Å². The topological polar surface area (TPSA) is 118 Å². The van der Waals surface area contributed by atoms with Crippen molar-refractivity contribution in [2.24, 2.45) is 0 Å². The lowest BCUT2D eigenvalue weighted by Crippen LogP contribution is -2.20. The fraction of sp³-hybridized carbons (Fsp3) is 0.0714. The number of amides is 2. The van der Waals surface area contributed by atoms with Crippen LogP contribution in [0.15, 0.2) is 30.3 Å². The molecule has 21 heavy (non-hydrogen) atoms. The summed E-state index contributed by atoms with van der Waals surface area (Å²) in [7, 11) is 0. The van der Waals surface area contributed by atoms with Crippen molar-refractivity contribution >= 4 is 23.4 Å². The first-order valence-electron chi connectivity index (χ1n) is 6.00. The molecular formula is C14H12N4O3. The molecule has 106 valence electrons. The van der Waals surface area contributed by atoms with Crippen molar-refractivity contribution in [3.63, 3.8) is 0 Å². The zero-order chi connectivity index (χ0) is 15.4. The summed E-state index contributed by atoms with van der Waals surface area (Å²) in [6, 6.07) is 9.28. The van der Waals surface area contributed by atoms with Gasteiger partial charge in [-0.3, -0.25) is 0 Å². The van der Waals surface area contributed by atoms with Gasteiger partial charge in [0.2, 0.25) is 0 Å². The van der Waals surface area contributed by atoms with Crippen LogP contribution in [0.25, 0.3) is 0 Å². The Morgan fingerprint density at radius 3 is 2.71 bits per heavy atom. The fourth-order valence-corrected chi connectivity index (χ4v) is 1.81. The van der Waals surface area contributed by atoms with Crippen molar-refractivity contribution in [2.45, 2.75) is 6.92 Å². The number of aromatic nitrogens is 1. The summed E-state index contributed by atoms with van der Waals surface area (Å²) in [5, 5.41) is 22.8. The predicted octanol–water partition coefficient (Wildman–Crippen LogP) is 2.54. The standard InChI is InChI=1S/C14H12N4O3/c1-8-5-11(12(16-8)13(19)20)18-14(21)17-10-4-2-3-9(6-10)7-15/h2-6,16H,1H3,(H,19,20)(H2,17,18,21). The smallest absolute Gasteiger partial charge is 0.354 e. The number of hydrogen-bond donors (Lipinski definition) is 4. The Kier molecular flexibility index (Phi) is 3.90. The van der Waals surface area contributed by atoms with Crippen LogP contribution in [-0.2, 0) is 0 Å². The van der Waals surface area contributed by atoms with Crippen LogP contribution in [0.5, 0.6) is 0 Å². The van der Waals surface area contributed by atoms with Crippen LogP contribution in [0.1, 0.15) is 21.7 Å². The number of hydrogen-bond acceptors (Lipinski definition) is 3. The summed E-state index contributed by atoms with van der Waals surface area (Å²) in [6.45, 7) is 1.69. The van der Waals surface area contributed by atoms with Crippen molar-refractivity contribution in [3.05, 3.63) is 47.3 Å². The summed E-state index contributed by atoms with van der Waals surface area (Å²) in [5.41, 5.74) is 1.56. The molecule has 2 amide bonds. The molecule has 0 atom stereocenters. The number of urea groups is 1. The number of rotatable bonds is 3. The van der Waals surface area contributed by atoms with Gasteiger partial charge < -0.3 is 20.7 Å². The average molecular weight is 284 g/mol. The number of H-pyrrole nitrogens is 1. The van der Waals surface area contributed by atoms with Gasteiger partial charge in [-0.15, -0.1) is 0 Å². The number of aromatic carboxylic acids is 1. The Morgan fingerprint density at radius 1 is 1.29 bits per heavy atom. The van der Waals surface area contributed by atoms with Gasteiger partial charge in [-0.2, -0.15) is 5.26 Å². The first-order valence-corrected chi connectivity index (χ1v) is 6.00. The van der Waals surface area contributed by atoms with E-state index in [9.17, 15) is 9.59 Å². The van der Waals surface area contributed by atoms with Crippen molar-refractivity contribution < 1.29 is 14.7 Å². The third-order valence-corrected chi connectivity index (χ3v) is 2.66. The summed E-state index contributed by atoms with van der Waals surface area (Å²) in [6.07, 6.45) is 0. The van der Waals surface area contributed by atoms with Gasteiger partial charge in [0.25, 0.3) is 0 Å². The molecule has 4 N–H and O–H groups in total. The lowest BCUT2D eigenvalue weighted by molar-refractivity contribution is 0.0692.